The number of anilines is 2. The Morgan fingerprint density at radius 3 is 2.82 bits per heavy atom. The summed E-state index contributed by atoms with van der Waals surface area (Å²) >= 11 is 1.39. The van der Waals surface area contributed by atoms with Crippen molar-refractivity contribution in [2.24, 2.45) is 0 Å². The summed E-state index contributed by atoms with van der Waals surface area (Å²) in [4.78, 5) is 4.18. The van der Waals surface area contributed by atoms with Gasteiger partial charge >= 0.3 is 0 Å². The summed E-state index contributed by atoms with van der Waals surface area (Å²) in [5.41, 5.74) is 11.7. The van der Waals surface area contributed by atoms with Crippen molar-refractivity contribution in [1.29, 1.82) is 0 Å². The lowest BCUT2D eigenvalue weighted by Gasteiger charge is -2.03. The molecule has 8 heteroatoms. The second-order valence-electron chi connectivity index (χ2n) is 3.86. The Bertz CT molecular complexity index is 548. The van der Waals surface area contributed by atoms with Crippen LogP contribution in [-0.4, -0.2) is 25.2 Å². The lowest BCUT2D eigenvalue weighted by Crippen LogP contribution is -2.00. The van der Waals surface area contributed by atoms with Crippen LogP contribution in [0.2, 0.25) is 0 Å². The van der Waals surface area contributed by atoms with Gasteiger partial charge in [0.1, 0.15) is 10.8 Å². The summed E-state index contributed by atoms with van der Waals surface area (Å²) in [7, 11) is 0. The van der Waals surface area contributed by atoms with Crippen LogP contribution in [0, 0.1) is 0 Å². The van der Waals surface area contributed by atoms with Crippen molar-refractivity contribution in [2.45, 2.75) is 29.1 Å². The summed E-state index contributed by atoms with van der Waals surface area (Å²) in [6, 6.07) is 3.98. The number of nitrogens with zero attached hydrogens (tertiary/aromatic N) is 5. The molecule has 88 valence electrons. The van der Waals surface area contributed by atoms with Gasteiger partial charge in [-0.05, 0) is 47.2 Å². The fraction of sp³-hybridized carbons (Fsp3) is 0.333. The van der Waals surface area contributed by atoms with E-state index in [2.05, 4.69) is 20.5 Å². The Morgan fingerprint density at radius 1 is 1.29 bits per heavy atom. The van der Waals surface area contributed by atoms with Crippen LogP contribution in [0.4, 0.5) is 11.5 Å². The Hall–Kier alpha value is -1.83. The van der Waals surface area contributed by atoms with Crippen LogP contribution < -0.4 is 11.5 Å². The molecule has 0 atom stereocenters. The van der Waals surface area contributed by atoms with E-state index in [-0.39, 0.29) is 0 Å². The third-order valence-corrected chi connectivity index (χ3v) is 3.37. The Kier molecular flexibility index (Phi) is 2.36. The molecular formula is C9H11N7S. The standard InChI is InChI=1S/C9H11N7S/c10-6-3-4-7(12-8(6)11)17-9-13-14-15-16(9)5-1-2-5/h3-5H,1-2,10H2,(H2,11,12). The average molecular weight is 249 g/mol. The predicted octanol–water partition coefficient (Wildman–Crippen LogP) is 0.719. The molecule has 2 heterocycles. The zero-order chi connectivity index (χ0) is 11.8. The lowest BCUT2D eigenvalue weighted by atomic mass is 10.4. The van der Waals surface area contributed by atoms with E-state index in [0.717, 1.165) is 23.0 Å². The topological polar surface area (TPSA) is 109 Å². The van der Waals surface area contributed by atoms with E-state index in [9.17, 15) is 0 Å². The fourth-order valence-electron chi connectivity index (χ4n) is 1.42. The molecule has 0 amide bonds. The van der Waals surface area contributed by atoms with Crippen molar-refractivity contribution in [3.05, 3.63) is 12.1 Å². The number of hydrogen-bond donors (Lipinski definition) is 2. The molecule has 1 fully saturated rings. The molecule has 2 aromatic rings. The van der Waals surface area contributed by atoms with Crippen LogP contribution in [0.25, 0.3) is 0 Å². The first-order valence-corrected chi connectivity index (χ1v) is 6.03. The maximum Gasteiger partial charge on any atom is 0.215 e. The Labute approximate surface area is 102 Å². The quantitative estimate of drug-likeness (QED) is 0.824. The monoisotopic (exact) mass is 249 g/mol. The number of nitrogens with two attached hydrogens (primary N) is 2. The first-order valence-electron chi connectivity index (χ1n) is 5.22. The van der Waals surface area contributed by atoms with Crippen LogP contribution in [0.1, 0.15) is 18.9 Å². The molecule has 1 saturated carbocycles. The van der Waals surface area contributed by atoms with Crippen LogP contribution >= 0.6 is 11.8 Å². The maximum atomic E-state index is 5.65. The van der Waals surface area contributed by atoms with Gasteiger partial charge in [-0.2, -0.15) is 0 Å². The van der Waals surface area contributed by atoms with Crippen molar-refractivity contribution in [2.75, 3.05) is 11.5 Å². The SMILES string of the molecule is Nc1ccc(Sc2nnnn2C2CC2)nc1N. The van der Waals surface area contributed by atoms with E-state index in [1.54, 1.807) is 6.07 Å². The minimum atomic E-state index is 0.334. The van der Waals surface area contributed by atoms with Crippen LogP contribution in [0.15, 0.2) is 22.3 Å². The summed E-state index contributed by atoms with van der Waals surface area (Å²) in [6.45, 7) is 0. The zero-order valence-electron chi connectivity index (χ0n) is 8.95. The molecule has 0 bridgehead atoms. The van der Waals surface area contributed by atoms with Crippen LogP contribution in [0.3, 0.4) is 0 Å². The maximum absolute atomic E-state index is 5.65. The summed E-state index contributed by atoms with van der Waals surface area (Å²) < 4.78 is 1.83. The molecule has 0 radical (unpaired) electrons. The van der Waals surface area contributed by atoms with Gasteiger partial charge in [0.05, 0.1) is 11.7 Å². The second-order valence-corrected chi connectivity index (χ2v) is 4.85. The van der Waals surface area contributed by atoms with Gasteiger partial charge < -0.3 is 11.5 Å². The minimum absolute atomic E-state index is 0.334. The number of nitrogen functional groups attached to an aromatic ring is 2. The molecule has 7 nitrogen and oxygen atoms in total. The molecule has 1 aliphatic carbocycles. The molecular weight excluding hydrogens is 238 g/mol. The van der Waals surface area contributed by atoms with E-state index in [1.165, 1.54) is 11.8 Å². The van der Waals surface area contributed by atoms with Gasteiger partial charge in [0.15, 0.2) is 0 Å². The van der Waals surface area contributed by atoms with Gasteiger partial charge in [-0.25, -0.2) is 9.67 Å². The van der Waals surface area contributed by atoms with Gasteiger partial charge in [-0.1, -0.05) is 0 Å². The van der Waals surface area contributed by atoms with Crippen molar-refractivity contribution in [3.8, 4) is 0 Å². The summed E-state index contributed by atoms with van der Waals surface area (Å²) in [6.07, 6.45) is 2.27. The minimum Gasteiger partial charge on any atom is -0.396 e. The molecule has 0 aromatic carbocycles. The third kappa shape index (κ3) is 2.03. The highest BCUT2D eigenvalue weighted by Gasteiger charge is 2.28. The Morgan fingerprint density at radius 2 is 2.12 bits per heavy atom. The van der Waals surface area contributed by atoms with Crippen molar-refractivity contribution >= 4 is 23.3 Å². The van der Waals surface area contributed by atoms with Crippen LogP contribution in [-0.2, 0) is 0 Å². The van der Waals surface area contributed by atoms with E-state index in [0.29, 0.717) is 17.5 Å². The molecule has 1 aliphatic rings. The molecule has 0 spiro atoms. The summed E-state index contributed by atoms with van der Waals surface area (Å²) in [5, 5.41) is 13.1. The molecule has 17 heavy (non-hydrogen) atoms. The normalized spacial score (nSPS) is 15.1. The first-order chi connectivity index (χ1) is 8.24. The first kappa shape index (κ1) is 10.3. The molecule has 2 aromatic heterocycles. The smallest absolute Gasteiger partial charge is 0.215 e. The van der Waals surface area contributed by atoms with Gasteiger partial charge in [0.2, 0.25) is 5.16 Å². The molecule has 0 unspecified atom stereocenters. The van der Waals surface area contributed by atoms with E-state index >= 15 is 0 Å². The van der Waals surface area contributed by atoms with Gasteiger partial charge in [-0.3, -0.25) is 0 Å². The van der Waals surface area contributed by atoms with Crippen LogP contribution in [0.5, 0.6) is 0 Å². The number of hydrogen-bond acceptors (Lipinski definition) is 7. The van der Waals surface area contributed by atoms with Gasteiger partial charge in [-0.15, -0.1) is 5.10 Å². The zero-order valence-corrected chi connectivity index (χ0v) is 9.76. The predicted molar refractivity (Wildman–Crippen MR) is 63.3 cm³/mol. The second kappa shape index (κ2) is 3.88. The number of rotatable bonds is 3. The largest absolute Gasteiger partial charge is 0.396 e. The molecule has 0 saturated heterocycles. The summed E-state index contributed by atoms with van der Waals surface area (Å²) in [5.74, 6) is 0.334. The lowest BCUT2D eigenvalue weighted by molar-refractivity contribution is 0.565. The highest BCUT2D eigenvalue weighted by molar-refractivity contribution is 7.99. The fourth-order valence-corrected chi connectivity index (χ4v) is 2.24. The Balaban J connectivity index is 1.85. The number of tetrazole rings is 1. The van der Waals surface area contributed by atoms with Crippen molar-refractivity contribution in [3.63, 3.8) is 0 Å². The highest BCUT2D eigenvalue weighted by Crippen LogP contribution is 2.37. The average Bonchev–Trinajstić information content (AvgIpc) is 3.05. The number of pyridine rings is 1. The number of aromatic nitrogens is 5. The van der Waals surface area contributed by atoms with E-state index < -0.39 is 0 Å². The van der Waals surface area contributed by atoms with Crippen molar-refractivity contribution < 1.29 is 0 Å². The molecule has 0 aliphatic heterocycles. The van der Waals surface area contributed by atoms with E-state index in [1.807, 2.05) is 10.7 Å². The van der Waals surface area contributed by atoms with E-state index in [4.69, 9.17) is 11.5 Å². The third-order valence-electron chi connectivity index (χ3n) is 2.48. The van der Waals surface area contributed by atoms with Gasteiger partial charge in [0.25, 0.3) is 0 Å². The van der Waals surface area contributed by atoms with Crippen molar-refractivity contribution in [1.82, 2.24) is 25.2 Å². The highest BCUT2D eigenvalue weighted by atomic mass is 32.2. The molecule has 4 N–H and O–H groups in total. The molecule has 3 rings (SSSR count). The van der Waals surface area contributed by atoms with Gasteiger partial charge in [0, 0.05) is 0 Å².